The SMILES string of the molecule is Cc1ccc(CN(Cc2ccc3c(c2)OCO3)C(=O)CN(CC(C)C)C(=O)c2ccc(C)c([N+](=O)[O-])c2)o1. The number of fused-ring (bicyclic) bond motifs is 1. The molecule has 4 rings (SSSR count). The minimum atomic E-state index is -0.511. The molecule has 38 heavy (non-hydrogen) atoms. The summed E-state index contributed by atoms with van der Waals surface area (Å²) in [4.78, 5) is 41.1. The van der Waals surface area contributed by atoms with Crippen molar-refractivity contribution in [3.05, 3.63) is 86.9 Å². The van der Waals surface area contributed by atoms with Crippen molar-refractivity contribution >= 4 is 17.5 Å². The van der Waals surface area contributed by atoms with Gasteiger partial charge in [0.05, 0.1) is 11.5 Å². The second-order valence-corrected chi connectivity index (χ2v) is 9.79. The van der Waals surface area contributed by atoms with E-state index in [0.29, 0.717) is 29.4 Å². The van der Waals surface area contributed by atoms with Crippen LogP contribution in [0.15, 0.2) is 52.9 Å². The van der Waals surface area contributed by atoms with Gasteiger partial charge in [0.25, 0.3) is 11.6 Å². The van der Waals surface area contributed by atoms with Crippen molar-refractivity contribution in [2.24, 2.45) is 5.92 Å². The number of aryl methyl sites for hydroxylation is 2. The number of carbonyl (C=O) groups excluding carboxylic acids is 2. The molecule has 0 aliphatic carbocycles. The van der Waals surface area contributed by atoms with Crippen LogP contribution in [0.4, 0.5) is 5.69 Å². The van der Waals surface area contributed by atoms with Gasteiger partial charge >= 0.3 is 0 Å². The second kappa shape index (κ2) is 11.4. The zero-order valence-corrected chi connectivity index (χ0v) is 21.9. The Kier molecular flexibility index (Phi) is 7.99. The minimum absolute atomic E-state index is 0.0715. The Morgan fingerprint density at radius 1 is 0.974 bits per heavy atom. The molecular formula is C28H31N3O7. The third-order valence-electron chi connectivity index (χ3n) is 6.16. The monoisotopic (exact) mass is 521 g/mol. The first-order chi connectivity index (χ1) is 18.1. The van der Waals surface area contributed by atoms with E-state index in [1.807, 2.05) is 45.0 Å². The molecule has 0 spiro atoms. The summed E-state index contributed by atoms with van der Waals surface area (Å²) in [5.41, 5.74) is 1.33. The van der Waals surface area contributed by atoms with Gasteiger partial charge in [0.1, 0.15) is 18.1 Å². The van der Waals surface area contributed by atoms with Crippen LogP contribution in [0.25, 0.3) is 0 Å². The van der Waals surface area contributed by atoms with E-state index in [1.165, 1.54) is 11.0 Å². The Bertz CT molecular complexity index is 1350. The van der Waals surface area contributed by atoms with Gasteiger partial charge in [0.2, 0.25) is 12.7 Å². The van der Waals surface area contributed by atoms with E-state index in [2.05, 4.69) is 0 Å². The first-order valence-corrected chi connectivity index (χ1v) is 12.4. The molecule has 2 aromatic carbocycles. The first-order valence-electron chi connectivity index (χ1n) is 12.4. The minimum Gasteiger partial charge on any atom is -0.464 e. The predicted octanol–water partition coefficient (Wildman–Crippen LogP) is 4.86. The molecule has 0 unspecified atom stereocenters. The highest BCUT2D eigenvalue weighted by Crippen LogP contribution is 2.33. The third-order valence-corrected chi connectivity index (χ3v) is 6.16. The van der Waals surface area contributed by atoms with Crippen molar-refractivity contribution in [1.82, 2.24) is 9.80 Å². The van der Waals surface area contributed by atoms with Gasteiger partial charge in [-0.1, -0.05) is 26.0 Å². The van der Waals surface area contributed by atoms with Crippen LogP contribution in [-0.2, 0) is 17.9 Å². The highest BCUT2D eigenvalue weighted by Gasteiger charge is 2.26. The van der Waals surface area contributed by atoms with Crippen LogP contribution in [0.1, 0.15) is 46.9 Å². The van der Waals surface area contributed by atoms with E-state index in [9.17, 15) is 19.7 Å². The van der Waals surface area contributed by atoms with E-state index in [-0.39, 0.29) is 49.5 Å². The number of furan rings is 1. The number of hydrogen-bond donors (Lipinski definition) is 0. The van der Waals surface area contributed by atoms with Crippen molar-refractivity contribution in [3.63, 3.8) is 0 Å². The van der Waals surface area contributed by atoms with Gasteiger partial charge in [-0.3, -0.25) is 19.7 Å². The summed E-state index contributed by atoms with van der Waals surface area (Å²) in [6, 6.07) is 13.5. The molecule has 3 aromatic rings. The van der Waals surface area contributed by atoms with Crippen LogP contribution in [0.3, 0.4) is 0 Å². The number of nitro benzene ring substituents is 1. The van der Waals surface area contributed by atoms with Gasteiger partial charge in [0, 0.05) is 30.3 Å². The number of nitrogens with zero attached hydrogens (tertiary/aromatic N) is 3. The Balaban J connectivity index is 1.59. The fourth-order valence-corrected chi connectivity index (χ4v) is 4.30. The van der Waals surface area contributed by atoms with Crippen LogP contribution >= 0.6 is 0 Å². The van der Waals surface area contributed by atoms with Gasteiger partial charge in [-0.15, -0.1) is 0 Å². The molecule has 10 heteroatoms. The average molecular weight is 522 g/mol. The molecule has 1 aliphatic heterocycles. The molecule has 200 valence electrons. The number of amides is 2. The molecule has 0 saturated carbocycles. The maximum Gasteiger partial charge on any atom is 0.273 e. The summed E-state index contributed by atoms with van der Waals surface area (Å²) in [6.07, 6.45) is 0. The van der Waals surface area contributed by atoms with Gasteiger partial charge in [-0.2, -0.15) is 0 Å². The normalized spacial score (nSPS) is 12.0. The summed E-state index contributed by atoms with van der Waals surface area (Å²) in [5, 5.41) is 11.4. The number of carbonyl (C=O) groups is 2. The van der Waals surface area contributed by atoms with E-state index in [4.69, 9.17) is 13.9 Å². The first kappa shape index (κ1) is 26.7. The standard InChI is InChI=1S/C28H31N3O7/c1-18(2)13-30(28(33)22-8-5-19(3)24(12-22)31(34)35)16-27(32)29(15-23-9-6-20(4)38-23)14-21-7-10-25-26(11-21)37-17-36-25/h5-12,18H,13-17H2,1-4H3. The Labute approximate surface area is 220 Å². The molecule has 0 atom stereocenters. The van der Waals surface area contributed by atoms with Crippen LogP contribution in [0, 0.1) is 29.9 Å². The number of rotatable bonds is 10. The van der Waals surface area contributed by atoms with E-state index < -0.39 is 10.8 Å². The van der Waals surface area contributed by atoms with Crippen molar-refractivity contribution in [2.45, 2.75) is 40.8 Å². The van der Waals surface area contributed by atoms with Crippen LogP contribution in [0.2, 0.25) is 0 Å². The van der Waals surface area contributed by atoms with Gasteiger partial charge in [-0.05, 0) is 55.7 Å². The molecule has 0 bridgehead atoms. The lowest BCUT2D eigenvalue weighted by atomic mass is 10.1. The zero-order chi connectivity index (χ0) is 27.4. The van der Waals surface area contributed by atoms with E-state index >= 15 is 0 Å². The summed E-state index contributed by atoms with van der Waals surface area (Å²) in [5.74, 6) is 1.96. The van der Waals surface area contributed by atoms with E-state index in [0.717, 1.165) is 11.3 Å². The summed E-state index contributed by atoms with van der Waals surface area (Å²) in [7, 11) is 0. The molecule has 0 N–H and O–H groups in total. The van der Waals surface area contributed by atoms with Crippen molar-refractivity contribution in [2.75, 3.05) is 19.9 Å². The lowest BCUT2D eigenvalue weighted by molar-refractivity contribution is -0.385. The zero-order valence-electron chi connectivity index (χ0n) is 21.9. The largest absolute Gasteiger partial charge is 0.464 e. The van der Waals surface area contributed by atoms with Crippen LogP contribution in [-0.4, -0.2) is 46.4 Å². The van der Waals surface area contributed by atoms with Gasteiger partial charge < -0.3 is 23.7 Å². The average Bonchev–Trinajstić information content (AvgIpc) is 3.50. The fourth-order valence-electron chi connectivity index (χ4n) is 4.30. The lowest BCUT2D eigenvalue weighted by Crippen LogP contribution is -2.43. The molecule has 1 aliphatic rings. The Hall–Kier alpha value is -4.34. The van der Waals surface area contributed by atoms with Gasteiger partial charge in [0.15, 0.2) is 11.5 Å². The molecule has 0 radical (unpaired) electrons. The molecule has 0 fully saturated rings. The van der Waals surface area contributed by atoms with E-state index in [1.54, 1.807) is 30.0 Å². The predicted molar refractivity (Wildman–Crippen MR) is 139 cm³/mol. The third kappa shape index (κ3) is 6.31. The number of hydrogen-bond acceptors (Lipinski definition) is 7. The fraction of sp³-hybridized carbons (Fsp3) is 0.357. The maximum atomic E-state index is 13.7. The lowest BCUT2D eigenvalue weighted by Gasteiger charge is -2.28. The molecule has 0 saturated heterocycles. The molecule has 1 aromatic heterocycles. The molecular weight excluding hydrogens is 490 g/mol. The number of nitro groups is 1. The van der Waals surface area contributed by atoms with Crippen molar-refractivity contribution in [1.29, 1.82) is 0 Å². The summed E-state index contributed by atoms with van der Waals surface area (Å²) >= 11 is 0. The van der Waals surface area contributed by atoms with Crippen LogP contribution in [0.5, 0.6) is 11.5 Å². The van der Waals surface area contributed by atoms with Crippen molar-refractivity contribution < 1.29 is 28.4 Å². The maximum absolute atomic E-state index is 13.7. The molecule has 2 amide bonds. The number of ether oxygens (including phenoxy) is 2. The molecule has 10 nitrogen and oxygen atoms in total. The van der Waals surface area contributed by atoms with Crippen LogP contribution < -0.4 is 9.47 Å². The topological polar surface area (TPSA) is 115 Å². The Morgan fingerprint density at radius 3 is 2.42 bits per heavy atom. The number of benzene rings is 2. The Morgan fingerprint density at radius 2 is 1.74 bits per heavy atom. The second-order valence-electron chi connectivity index (χ2n) is 9.79. The summed E-state index contributed by atoms with van der Waals surface area (Å²) in [6.45, 7) is 8.07. The van der Waals surface area contributed by atoms with Crippen molar-refractivity contribution in [3.8, 4) is 11.5 Å². The highest BCUT2D eigenvalue weighted by molar-refractivity contribution is 5.97. The smallest absolute Gasteiger partial charge is 0.273 e. The quantitative estimate of drug-likeness (QED) is 0.276. The molecule has 2 heterocycles. The van der Waals surface area contributed by atoms with Gasteiger partial charge in [-0.25, -0.2) is 0 Å². The summed E-state index contributed by atoms with van der Waals surface area (Å²) < 4.78 is 16.6. The highest BCUT2D eigenvalue weighted by atomic mass is 16.7.